The van der Waals surface area contributed by atoms with Gasteiger partial charge in [-0.15, -0.1) is 10.1 Å². The molecule has 0 N–H and O–H groups in total. The number of hydrogen-bond donors (Lipinski definition) is 0. The van der Waals surface area contributed by atoms with E-state index in [-0.39, 0.29) is 18.9 Å². The third-order valence-electron chi connectivity index (χ3n) is 3.62. The standard InChI is InChI=1S/C16H21N3O4/c1-17(2)10-9-13-12-18(15-7-4-3-6-14(13)15)16(20)8-5-11-23-19(21)22/h3-4,6-7,12H,5,8-11H2,1-2H3. The van der Waals surface area contributed by atoms with Crippen molar-refractivity contribution < 1.29 is 14.7 Å². The van der Waals surface area contributed by atoms with Crippen molar-refractivity contribution in [3.63, 3.8) is 0 Å². The molecule has 0 bridgehead atoms. The molecule has 2 rings (SSSR count). The molecule has 0 aliphatic rings. The highest BCUT2D eigenvalue weighted by atomic mass is 16.9. The second-order valence-corrected chi connectivity index (χ2v) is 5.65. The first-order valence-corrected chi connectivity index (χ1v) is 7.53. The maximum Gasteiger partial charge on any atom is 0.294 e. The molecule has 1 heterocycles. The summed E-state index contributed by atoms with van der Waals surface area (Å²) in [4.78, 5) is 28.8. The molecule has 0 spiro atoms. The van der Waals surface area contributed by atoms with Crippen molar-refractivity contribution in [2.75, 3.05) is 27.2 Å². The van der Waals surface area contributed by atoms with Gasteiger partial charge >= 0.3 is 0 Å². The van der Waals surface area contributed by atoms with Crippen molar-refractivity contribution >= 4 is 16.8 Å². The van der Waals surface area contributed by atoms with Crippen LogP contribution < -0.4 is 0 Å². The van der Waals surface area contributed by atoms with Crippen molar-refractivity contribution in [3.8, 4) is 0 Å². The van der Waals surface area contributed by atoms with E-state index in [1.807, 2.05) is 44.6 Å². The number of rotatable bonds is 8. The van der Waals surface area contributed by atoms with Gasteiger partial charge in [-0.1, -0.05) is 18.2 Å². The van der Waals surface area contributed by atoms with E-state index in [4.69, 9.17) is 0 Å². The second kappa shape index (κ2) is 7.73. The highest BCUT2D eigenvalue weighted by Crippen LogP contribution is 2.22. The minimum absolute atomic E-state index is 0.0641. The van der Waals surface area contributed by atoms with Crippen LogP contribution in [0.25, 0.3) is 10.9 Å². The molecule has 0 atom stereocenters. The number of fused-ring (bicyclic) bond motifs is 1. The van der Waals surface area contributed by atoms with E-state index in [1.165, 1.54) is 0 Å². The predicted molar refractivity (Wildman–Crippen MR) is 87.0 cm³/mol. The summed E-state index contributed by atoms with van der Waals surface area (Å²) in [6.45, 7) is 0.838. The third-order valence-corrected chi connectivity index (χ3v) is 3.62. The van der Waals surface area contributed by atoms with Gasteiger partial charge in [0.05, 0.1) is 12.1 Å². The quantitative estimate of drug-likeness (QED) is 0.424. The lowest BCUT2D eigenvalue weighted by Gasteiger charge is -2.07. The van der Waals surface area contributed by atoms with Gasteiger partial charge in [-0.2, -0.15) is 0 Å². The summed E-state index contributed by atoms with van der Waals surface area (Å²) < 4.78 is 1.65. The van der Waals surface area contributed by atoms with Gasteiger partial charge < -0.3 is 9.74 Å². The SMILES string of the molecule is CN(C)CCc1cn(C(=O)CCCO[N+](=O)[O-])c2ccccc12. The summed E-state index contributed by atoms with van der Waals surface area (Å²) in [5.74, 6) is -0.0794. The van der Waals surface area contributed by atoms with Crippen molar-refractivity contribution in [1.29, 1.82) is 0 Å². The summed E-state index contributed by atoms with van der Waals surface area (Å²) in [5, 5.41) is 10.3. The zero-order valence-electron chi connectivity index (χ0n) is 13.4. The average molecular weight is 319 g/mol. The molecular weight excluding hydrogens is 298 g/mol. The largest absolute Gasteiger partial charge is 0.314 e. The monoisotopic (exact) mass is 319 g/mol. The Hall–Kier alpha value is -2.41. The number of hydrogen-bond acceptors (Lipinski definition) is 5. The topological polar surface area (TPSA) is 77.6 Å². The van der Waals surface area contributed by atoms with E-state index in [2.05, 4.69) is 9.74 Å². The maximum absolute atomic E-state index is 12.4. The zero-order chi connectivity index (χ0) is 16.8. The lowest BCUT2D eigenvalue weighted by Crippen LogP contribution is -2.15. The van der Waals surface area contributed by atoms with Gasteiger partial charge in [0, 0.05) is 24.5 Å². The van der Waals surface area contributed by atoms with Crippen LogP contribution in [0.4, 0.5) is 0 Å². The van der Waals surface area contributed by atoms with Crippen LogP contribution in [0.5, 0.6) is 0 Å². The summed E-state index contributed by atoms with van der Waals surface area (Å²) in [6, 6.07) is 7.79. The van der Waals surface area contributed by atoms with E-state index in [0.29, 0.717) is 6.42 Å². The summed E-state index contributed by atoms with van der Waals surface area (Å²) in [7, 11) is 4.03. The minimum Gasteiger partial charge on any atom is -0.314 e. The molecule has 7 heteroatoms. The molecule has 2 aromatic rings. The number of benzene rings is 1. The molecule has 0 fully saturated rings. The Bertz CT molecular complexity index is 694. The van der Waals surface area contributed by atoms with Gasteiger partial charge in [0.15, 0.2) is 0 Å². The number of nitrogens with zero attached hydrogens (tertiary/aromatic N) is 3. The second-order valence-electron chi connectivity index (χ2n) is 5.65. The van der Waals surface area contributed by atoms with Gasteiger partial charge in [0.25, 0.3) is 5.09 Å². The fraction of sp³-hybridized carbons (Fsp3) is 0.438. The first-order valence-electron chi connectivity index (χ1n) is 7.53. The molecule has 0 aliphatic carbocycles. The lowest BCUT2D eigenvalue weighted by atomic mass is 10.1. The molecule has 0 radical (unpaired) electrons. The lowest BCUT2D eigenvalue weighted by molar-refractivity contribution is -0.757. The van der Waals surface area contributed by atoms with Gasteiger partial charge in [-0.25, -0.2) is 0 Å². The summed E-state index contributed by atoms with van der Waals surface area (Å²) in [6.07, 6.45) is 3.27. The fourth-order valence-electron chi connectivity index (χ4n) is 2.48. The summed E-state index contributed by atoms with van der Waals surface area (Å²) in [5.41, 5.74) is 2.01. The van der Waals surface area contributed by atoms with E-state index in [1.54, 1.807) is 4.57 Å². The van der Waals surface area contributed by atoms with Crippen LogP contribution in [-0.2, 0) is 11.3 Å². The number of para-hydroxylation sites is 1. The first kappa shape index (κ1) is 17.0. The first-order chi connectivity index (χ1) is 11.0. The van der Waals surface area contributed by atoms with E-state index >= 15 is 0 Å². The molecule has 0 aliphatic heterocycles. The molecule has 0 saturated heterocycles. The van der Waals surface area contributed by atoms with Crippen molar-refractivity contribution in [3.05, 3.63) is 46.1 Å². The van der Waals surface area contributed by atoms with Crippen molar-refractivity contribution in [2.45, 2.75) is 19.3 Å². The van der Waals surface area contributed by atoms with E-state index < -0.39 is 5.09 Å². The van der Waals surface area contributed by atoms with Gasteiger partial charge in [0.1, 0.15) is 0 Å². The van der Waals surface area contributed by atoms with Crippen molar-refractivity contribution in [2.24, 2.45) is 0 Å². The Morgan fingerprint density at radius 3 is 2.78 bits per heavy atom. The average Bonchev–Trinajstić information content (AvgIpc) is 2.88. The number of likely N-dealkylation sites (N-methyl/N-ethyl adjacent to an activating group) is 1. The maximum atomic E-state index is 12.4. The van der Waals surface area contributed by atoms with Crippen LogP contribution in [0.1, 0.15) is 23.2 Å². The molecule has 0 saturated carbocycles. The van der Waals surface area contributed by atoms with Gasteiger partial charge in [-0.3, -0.25) is 9.36 Å². The molecule has 0 amide bonds. The summed E-state index contributed by atoms with van der Waals surface area (Å²) >= 11 is 0. The minimum atomic E-state index is -0.838. The zero-order valence-corrected chi connectivity index (χ0v) is 13.4. The van der Waals surface area contributed by atoms with Gasteiger partial charge in [0.2, 0.25) is 5.91 Å². The Kier molecular flexibility index (Phi) is 5.70. The van der Waals surface area contributed by atoms with E-state index in [0.717, 1.165) is 29.4 Å². The van der Waals surface area contributed by atoms with Crippen LogP contribution in [0, 0.1) is 10.1 Å². The Labute approximate surface area is 134 Å². The van der Waals surface area contributed by atoms with Crippen LogP contribution in [-0.4, -0.2) is 47.7 Å². The molecule has 1 aromatic heterocycles. The Balaban J connectivity index is 2.13. The van der Waals surface area contributed by atoms with Crippen molar-refractivity contribution in [1.82, 2.24) is 9.47 Å². The van der Waals surface area contributed by atoms with Crippen LogP contribution in [0.3, 0.4) is 0 Å². The van der Waals surface area contributed by atoms with Crippen LogP contribution in [0.2, 0.25) is 0 Å². The fourth-order valence-corrected chi connectivity index (χ4v) is 2.48. The molecular formula is C16H21N3O4. The normalized spacial score (nSPS) is 11.1. The Morgan fingerprint density at radius 1 is 1.35 bits per heavy atom. The molecule has 23 heavy (non-hydrogen) atoms. The molecule has 7 nitrogen and oxygen atoms in total. The molecule has 0 unspecified atom stereocenters. The number of aromatic nitrogens is 1. The predicted octanol–water partition coefficient (Wildman–Crippen LogP) is 2.37. The smallest absolute Gasteiger partial charge is 0.294 e. The molecule has 124 valence electrons. The number of carbonyl (C=O) groups excluding carboxylic acids is 1. The van der Waals surface area contributed by atoms with E-state index in [9.17, 15) is 14.9 Å². The number of carbonyl (C=O) groups is 1. The van der Waals surface area contributed by atoms with Crippen LogP contribution in [0.15, 0.2) is 30.5 Å². The highest BCUT2D eigenvalue weighted by molar-refractivity contribution is 5.94. The van der Waals surface area contributed by atoms with Crippen LogP contribution >= 0.6 is 0 Å². The molecule has 1 aromatic carbocycles. The Morgan fingerprint density at radius 2 is 2.09 bits per heavy atom. The van der Waals surface area contributed by atoms with Gasteiger partial charge in [-0.05, 0) is 38.6 Å². The highest BCUT2D eigenvalue weighted by Gasteiger charge is 2.13. The third kappa shape index (κ3) is 4.53.